The summed E-state index contributed by atoms with van der Waals surface area (Å²) in [5.41, 5.74) is 3.01. The Morgan fingerprint density at radius 3 is 2.74 bits per heavy atom. The van der Waals surface area contributed by atoms with E-state index in [4.69, 9.17) is 21.2 Å². The molecule has 0 bridgehead atoms. The number of fused-ring (bicyclic) bond motifs is 1. The third-order valence-electron chi connectivity index (χ3n) is 7.28. The number of ether oxygens (including phenoxy) is 1. The van der Waals surface area contributed by atoms with E-state index in [2.05, 4.69) is 15.4 Å². The molecule has 2 fully saturated rings. The maximum absolute atomic E-state index is 14.8. The second-order valence-corrected chi connectivity index (χ2v) is 11.9. The minimum atomic E-state index is -1.13. The molecule has 39 heavy (non-hydrogen) atoms. The Bertz CT molecular complexity index is 1400. The van der Waals surface area contributed by atoms with Gasteiger partial charge in [0.15, 0.2) is 17.3 Å². The quantitative estimate of drug-likeness (QED) is 0.365. The van der Waals surface area contributed by atoms with Crippen LogP contribution in [0.5, 0.6) is 5.75 Å². The fourth-order valence-electron chi connectivity index (χ4n) is 5.05. The van der Waals surface area contributed by atoms with Crippen molar-refractivity contribution in [2.24, 2.45) is 5.16 Å². The number of likely N-dealkylation sites (tertiary alicyclic amines) is 1. The average Bonchev–Trinajstić information content (AvgIpc) is 3.40. The van der Waals surface area contributed by atoms with Gasteiger partial charge in [0, 0.05) is 22.5 Å². The number of nitrogens with one attached hydrogen (secondary N) is 1. The summed E-state index contributed by atoms with van der Waals surface area (Å²) < 4.78 is 21.1. The molecule has 1 aromatic heterocycles. The number of carbonyl (C=O) groups excluding carboxylic acids is 1. The zero-order valence-corrected chi connectivity index (χ0v) is 22.8. The van der Waals surface area contributed by atoms with Crippen LogP contribution in [0, 0.1) is 5.82 Å². The van der Waals surface area contributed by atoms with Crippen molar-refractivity contribution in [3.8, 4) is 16.2 Å². The van der Waals surface area contributed by atoms with Gasteiger partial charge in [0.25, 0.3) is 5.91 Å². The fourth-order valence-corrected chi connectivity index (χ4v) is 6.08. The number of aliphatic hydroxyl groups is 1. The Kier molecular flexibility index (Phi) is 7.57. The van der Waals surface area contributed by atoms with E-state index in [-0.39, 0.29) is 24.2 Å². The third-order valence-corrected chi connectivity index (χ3v) is 8.56. The minimum absolute atomic E-state index is 0.0676. The van der Waals surface area contributed by atoms with Crippen molar-refractivity contribution in [3.63, 3.8) is 0 Å². The predicted octanol–water partition coefficient (Wildman–Crippen LogP) is 5.30. The molecule has 2 N–H and O–H groups in total. The zero-order valence-electron chi connectivity index (χ0n) is 21.2. The van der Waals surface area contributed by atoms with Crippen LogP contribution in [-0.4, -0.2) is 53.4 Å². The number of thiophene rings is 1. The molecule has 10 heteroatoms. The number of oxime groups is 1. The van der Waals surface area contributed by atoms with Crippen LogP contribution in [0.25, 0.3) is 10.4 Å². The molecule has 2 aliphatic heterocycles. The van der Waals surface area contributed by atoms with Crippen LogP contribution < -0.4 is 10.1 Å². The Morgan fingerprint density at radius 1 is 1.21 bits per heavy atom. The number of amides is 1. The van der Waals surface area contributed by atoms with Crippen LogP contribution in [0.2, 0.25) is 4.34 Å². The van der Waals surface area contributed by atoms with Crippen molar-refractivity contribution >= 4 is 34.6 Å². The van der Waals surface area contributed by atoms with E-state index in [0.717, 1.165) is 54.8 Å². The monoisotopic (exact) mass is 569 g/mol. The SMILES string of the molecule is O=C(NC(CN1CCCC1)[C@H](O)c1ccc(OC2CC2)c(F)c1)C1=NOCc2cc(-c3ccc(Cl)s3)ccc21. The Labute approximate surface area is 235 Å². The lowest BCUT2D eigenvalue weighted by Gasteiger charge is -2.29. The van der Waals surface area contributed by atoms with Crippen LogP contribution in [-0.2, 0) is 16.2 Å². The lowest BCUT2D eigenvalue weighted by molar-refractivity contribution is -0.116. The highest BCUT2D eigenvalue weighted by molar-refractivity contribution is 7.19. The van der Waals surface area contributed by atoms with E-state index < -0.39 is 23.9 Å². The van der Waals surface area contributed by atoms with Gasteiger partial charge in [-0.1, -0.05) is 35.0 Å². The molecular formula is C29H29ClFN3O4S. The Morgan fingerprint density at radius 2 is 2.03 bits per heavy atom. The van der Waals surface area contributed by atoms with Gasteiger partial charge in [-0.2, -0.15) is 0 Å². The van der Waals surface area contributed by atoms with E-state index in [9.17, 15) is 14.3 Å². The zero-order chi connectivity index (χ0) is 26.9. The van der Waals surface area contributed by atoms with Crippen LogP contribution in [0.1, 0.15) is 48.5 Å². The molecule has 3 heterocycles. The number of hydrogen-bond donors (Lipinski definition) is 2. The third kappa shape index (κ3) is 5.96. The number of benzene rings is 2. The Hall–Kier alpha value is -2.98. The molecule has 204 valence electrons. The Balaban J connectivity index is 1.22. The van der Waals surface area contributed by atoms with E-state index in [1.54, 1.807) is 12.1 Å². The standard InChI is InChI=1S/C29H29ClFN3O4S/c30-26-10-9-25(39-26)17-3-7-21-19(13-17)16-37-33-27(21)29(36)32-23(15-34-11-1-2-12-34)28(35)18-4-8-24(22(31)14-18)38-20-5-6-20/h3-4,7-10,13-14,20,23,28,35H,1-2,5-6,11-12,15-16H2,(H,32,36)/t23?,28-/m1/s1. The summed E-state index contributed by atoms with van der Waals surface area (Å²) in [7, 11) is 0. The van der Waals surface area contributed by atoms with Crippen LogP contribution in [0.3, 0.4) is 0 Å². The molecule has 3 aliphatic rings. The highest BCUT2D eigenvalue weighted by Crippen LogP contribution is 2.34. The first-order valence-electron chi connectivity index (χ1n) is 13.2. The van der Waals surface area contributed by atoms with Gasteiger partial charge in [-0.3, -0.25) is 4.79 Å². The van der Waals surface area contributed by atoms with E-state index in [0.29, 0.717) is 22.0 Å². The largest absolute Gasteiger partial charge is 0.487 e. The van der Waals surface area contributed by atoms with Gasteiger partial charge in [0.1, 0.15) is 12.7 Å². The van der Waals surface area contributed by atoms with Gasteiger partial charge in [-0.15, -0.1) is 11.3 Å². The summed E-state index contributed by atoms with van der Waals surface area (Å²) >= 11 is 7.59. The summed E-state index contributed by atoms with van der Waals surface area (Å²) in [6.45, 7) is 2.43. The van der Waals surface area contributed by atoms with Crippen LogP contribution in [0.15, 0.2) is 53.7 Å². The van der Waals surface area contributed by atoms with Crippen molar-refractivity contribution in [1.82, 2.24) is 10.2 Å². The van der Waals surface area contributed by atoms with Gasteiger partial charge < -0.3 is 24.9 Å². The van der Waals surface area contributed by atoms with Crippen molar-refractivity contribution in [2.75, 3.05) is 19.6 Å². The number of carbonyl (C=O) groups is 1. The molecule has 7 nitrogen and oxygen atoms in total. The molecule has 6 rings (SSSR count). The normalized spacial score (nSPS) is 18.6. The molecule has 1 amide bonds. The molecule has 1 unspecified atom stereocenters. The molecule has 2 aromatic carbocycles. The summed E-state index contributed by atoms with van der Waals surface area (Å²) in [5.74, 6) is -0.796. The van der Waals surface area contributed by atoms with Gasteiger partial charge in [0.05, 0.1) is 16.5 Å². The summed E-state index contributed by atoms with van der Waals surface area (Å²) in [6, 6.07) is 13.4. The lowest BCUT2D eigenvalue weighted by Crippen LogP contribution is -2.49. The van der Waals surface area contributed by atoms with Gasteiger partial charge >= 0.3 is 0 Å². The van der Waals surface area contributed by atoms with Gasteiger partial charge in [-0.25, -0.2) is 4.39 Å². The minimum Gasteiger partial charge on any atom is -0.487 e. The first-order valence-corrected chi connectivity index (χ1v) is 14.4. The van der Waals surface area contributed by atoms with Gasteiger partial charge in [0.2, 0.25) is 0 Å². The molecule has 1 saturated carbocycles. The average molecular weight is 570 g/mol. The highest BCUT2D eigenvalue weighted by Gasteiger charge is 2.31. The molecule has 1 saturated heterocycles. The number of hydrogen-bond acceptors (Lipinski definition) is 7. The predicted molar refractivity (Wildman–Crippen MR) is 149 cm³/mol. The van der Waals surface area contributed by atoms with E-state index in [1.165, 1.54) is 17.4 Å². The molecule has 2 atom stereocenters. The number of rotatable bonds is 9. The molecule has 1 aliphatic carbocycles. The molecular weight excluding hydrogens is 541 g/mol. The maximum Gasteiger partial charge on any atom is 0.274 e. The van der Waals surface area contributed by atoms with Gasteiger partial charge in [-0.05, 0) is 80.2 Å². The molecule has 3 aromatic rings. The molecule has 0 radical (unpaired) electrons. The number of halogens is 2. The van der Waals surface area contributed by atoms with Crippen LogP contribution in [0.4, 0.5) is 4.39 Å². The summed E-state index contributed by atoms with van der Waals surface area (Å²) in [6.07, 6.45) is 2.91. The van der Waals surface area contributed by atoms with E-state index in [1.807, 2.05) is 30.3 Å². The smallest absolute Gasteiger partial charge is 0.274 e. The van der Waals surface area contributed by atoms with Crippen molar-refractivity contribution in [1.29, 1.82) is 0 Å². The first kappa shape index (κ1) is 26.3. The van der Waals surface area contributed by atoms with Crippen molar-refractivity contribution in [3.05, 3.63) is 75.4 Å². The first-order chi connectivity index (χ1) is 18.9. The van der Waals surface area contributed by atoms with Crippen LogP contribution >= 0.6 is 22.9 Å². The fraction of sp³-hybridized carbons (Fsp3) is 0.379. The topological polar surface area (TPSA) is 83.4 Å². The van der Waals surface area contributed by atoms with Crippen molar-refractivity contribution < 1.29 is 23.9 Å². The second kappa shape index (κ2) is 11.3. The number of nitrogens with zero attached hydrogens (tertiary/aromatic N) is 2. The van der Waals surface area contributed by atoms with Crippen molar-refractivity contribution in [2.45, 2.75) is 50.5 Å². The molecule has 0 spiro atoms. The lowest BCUT2D eigenvalue weighted by atomic mass is 9.97. The van der Waals surface area contributed by atoms with E-state index >= 15 is 0 Å². The number of aliphatic hydroxyl groups excluding tert-OH is 1. The summed E-state index contributed by atoms with van der Waals surface area (Å²) in [5, 5.41) is 18.4. The highest BCUT2D eigenvalue weighted by atomic mass is 35.5. The summed E-state index contributed by atoms with van der Waals surface area (Å²) in [4.78, 5) is 22.2. The second-order valence-electron chi connectivity index (χ2n) is 10.2. The maximum atomic E-state index is 14.8.